The van der Waals surface area contributed by atoms with Gasteiger partial charge in [-0.15, -0.1) is 0 Å². The van der Waals surface area contributed by atoms with Crippen LogP contribution in [0.4, 0.5) is 4.79 Å². The zero-order valence-electron chi connectivity index (χ0n) is 20.1. The molecule has 6 nitrogen and oxygen atoms in total. The maximum Gasteiger partial charge on any atom is 0.408 e. The summed E-state index contributed by atoms with van der Waals surface area (Å²) >= 11 is 0. The Labute approximate surface area is 202 Å². The number of nitrogens with zero attached hydrogens (tertiary/aromatic N) is 1. The third-order valence-electron chi connectivity index (χ3n) is 7.66. The second kappa shape index (κ2) is 10.5. The number of fused-ring (bicyclic) bond motifs is 4. The largest absolute Gasteiger partial charge is 0.446 e. The predicted molar refractivity (Wildman–Crippen MR) is 132 cm³/mol. The lowest BCUT2D eigenvalue weighted by atomic mass is 9.93. The van der Waals surface area contributed by atoms with Crippen molar-refractivity contribution in [2.45, 2.75) is 50.4 Å². The Bertz CT molecular complexity index is 947. The van der Waals surface area contributed by atoms with E-state index >= 15 is 0 Å². The Morgan fingerprint density at radius 3 is 2.24 bits per heavy atom. The van der Waals surface area contributed by atoms with Crippen molar-refractivity contribution < 1.29 is 19.0 Å². The molecule has 3 heterocycles. The van der Waals surface area contributed by atoms with Gasteiger partial charge in [-0.1, -0.05) is 48.5 Å². The number of hydrogen-bond donors (Lipinski definition) is 1. The monoisotopic (exact) mass is 464 g/mol. The number of alkyl carbamates (subject to hydrolysis) is 1. The molecule has 1 amide bonds. The van der Waals surface area contributed by atoms with E-state index in [9.17, 15) is 4.79 Å². The Kier molecular flexibility index (Phi) is 7.18. The van der Waals surface area contributed by atoms with Gasteiger partial charge in [-0.3, -0.25) is 0 Å². The van der Waals surface area contributed by atoms with Crippen LogP contribution in [0.3, 0.4) is 0 Å². The van der Waals surface area contributed by atoms with Gasteiger partial charge in [0.25, 0.3) is 0 Å². The van der Waals surface area contributed by atoms with Crippen LogP contribution in [0.2, 0.25) is 0 Å². The molecule has 4 aliphatic rings. The number of benzene rings is 2. The Balaban J connectivity index is 1.16. The molecular formula is C28H36N2O4. The molecule has 4 fully saturated rings. The minimum atomic E-state index is -0.272. The van der Waals surface area contributed by atoms with E-state index in [-0.39, 0.29) is 17.7 Å². The number of rotatable bonds is 9. The van der Waals surface area contributed by atoms with Gasteiger partial charge in [0.05, 0.1) is 25.4 Å². The standard InChI is InChI=1S/C28H36N2O4/c1-32-18-19-33-20-21-2-4-22(5-3-21)23-6-8-25(9-7-23)28(13-14-28)29-27(31)34-26-12-17-30-15-10-24(26)11-16-30/h2-9,24,26H,10-20H2,1H3,(H,29,31). The van der Waals surface area contributed by atoms with E-state index in [1.165, 1.54) is 11.1 Å². The summed E-state index contributed by atoms with van der Waals surface area (Å²) in [7, 11) is 1.68. The Morgan fingerprint density at radius 1 is 0.941 bits per heavy atom. The van der Waals surface area contributed by atoms with Crippen molar-refractivity contribution in [3.63, 3.8) is 0 Å². The lowest BCUT2D eigenvalue weighted by molar-refractivity contribution is 0.0537. The van der Waals surface area contributed by atoms with Crippen LogP contribution < -0.4 is 5.32 Å². The number of nitrogens with one attached hydrogen (secondary N) is 1. The van der Waals surface area contributed by atoms with Crippen molar-refractivity contribution in [3.05, 3.63) is 59.7 Å². The Morgan fingerprint density at radius 2 is 1.59 bits per heavy atom. The van der Waals surface area contributed by atoms with Crippen LogP contribution in [-0.2, 0) is 26.4 Å². The van der Waals surface area contributed by atoms with E-state index in [0.29, 0.717) is 25.7 Å². The first-order chi connectivity index (χ1) is 16.6. The molecule has 0 radical (unpaired) electrons. The molecule has 2 aromatic rings. The summed E-state index contributed by atoms with van der Waals surface area (Å²) in [5, 5.41) is 3.21. The topological polar surface area (TPSA) is 60.0 Å². The molecular weight excluding hydrogens is 428 g/mol. The molecule has 1 aliphatic carbocycles. The second-order valence-electron chi connectivity index (χ2n) is 9.94. The summed E-state index contributed by atoms with van der Waals surface area (Å²) in [6, 6.07) is 17.0. The van der Waals surface area contributed by atoms with Crippen LogP contribution in [0.1, 0.15) is 43.2 Å². The fraction of sp³-hybridized carbons (Fsp3) is 0.536. The molecule has 0 aromatic heterocycles. The van der Waals surface area contributed by atoms with Gasteiger partial charge < -0.3 is 24.4 Å². The van der Waals surface area contributed by atoms with E-state index in [2.05, 4.69) is 58.7 Å². The summed E-state index contributed by atoms with van der Waals surface area (Å²) in [6.07, 6.45) is 4.97. The van der Waals surface area contributed by atoms with E-state index in [0.717, 1.165) is 62.9 Å². The van der Waals surface area contributed by atoms with Crippen molar-refractivity contribution >= 4 is 6.09 Å². The highest BCUT2D eigenvalue weighted by Crippen LogP contribution is 2.46. The number of piperidine rings is 1. The number of carbonyl (C=O) groups is 1. The summed E-state index contributed by atoms with van der Waals surface area (Å²) in [5.74, 6) is 0.516. The SMILES string of the molecule is COCCOCc1ccc(-c2ccc(C3(NC(=O)OC4CCN5CCC4CC5)CC3)cc2)cc1. The maximum atomic E-state index is 12.8. The first-order valence-electron chi connectivity index (χ1n) is 12.6. The molecule has 1 unspecified atom stereocenters. The fourth-order valence-corrected chi connectivity index (χ4v) is 5.33. The van der Waals surface area contributed by atoms with Crippen LogP contribution >= 0.6 is 0 Å². The molecule has 34 heavy (non-hydrogen) atoms. The van der Waals surface area contributed by atoms with E-state index < -0.39 is 0 Å². The quantitative estimate of drug-likeness (QED) is 0.545. The molecule has 3 aliphatic heterocycles. The number of methoxy groups -OCH3 is 1. The van der Waals surface area contributed by atoms with Crippen molar-refractivity contribution in [3.8, 4) is 11.1 Å². The summed E-state index contributed by atoms with van der Waals surface area (Å²) in [4.78, 5) is 15.3. The second-order valence-corrected chi connectivity index (χ2v) is 9.94. The Hall–Kier alpha value is -2.41. The number of amides is 1. The van der Waals surface area contributed by atoms with Gasteiger partial charge in [-0.25, -0.2) is 4.79 Å². The van der Waals surface area contributed by atoms with Crippen LogP contribution in [0.5, 0.6) is 0 Å². The first kappa shape index (κ1) is 23.3. The van der Waals surface area contributed by atoms with Crippen LogP contribution in [0, 0.1) is 5.92 Å². The fourth-order valence-electron chi connectivity index (χ4n) is 5.33. The maximum absolute atomic E-state index is 12.8. The molecule has 3 saturated heterocycles. The average molecular weight is 465 g/mol. The van der Waals surface area contributed by atoms with Gasteiger partial charge in [0.15, 0.2) is 0 Å². The van der Waals surface area contributed by atoms with Crippen LogP contribution in [0.15, 0.2) is 48.5 Å². The smallest absolute Gasteiger partial charge is 0.408 e. The molecule has 6 rings (SSSR count). The van der Waals surface area contributed by atoms with Crippen molar-refractivity contribution in [2.75, 3.05) is 40.0 Å². The normalized spacial score (nSPS) is 24.9. The lowest BCUT2D eigenvalue weighted by Crippen LogP contribution is -2.39. The molecule has 1 N–H and O–H groups in total. The molecule has 6 heteroatoms. The van der Waals surface area contributed by atoms with Gasteiger partial charge >= 0.3 is 6.09 Å². The van der Waals surface area contributed by atoms with Crippen molar-refractivity contribution in [2.24, 2.45) is 5.92 Å². The number of carbonyl (C=O) groups excluding carboxylic acids is 1. The molecule has 1 saturated carbocycles. The lowest BCUT2D eigenvalue weighted by Gasteiger charge is -2.29. The predicted octanol–water partition coefficient (Wildman–Crippen LogP) is 4.72. The zero-order valence-corrected chi connectivity index (χ0v) is 20.1. The average Bonchev–Trinajstić information content (AvgIpc) is 3.70. The van der Waals surface area contributed by atoms with E-state index in [1.54, 1.807) is 7.11 Å². The third-order valence-corrected chi connectivity index (χ3v) is 7.66. The third kappa shape index (κ3) is 5.45. The van der Waals surface area contributed by atoms with Gasteiger partial charge in [0.2, 0.25) is 0 Å². The number of hydrogen-bond acceptors (Lipinski definition) is 5. The minimum Gasteiger partial charge on any atom is -0.446 e. The van der Waals surface area contributed by atoms with E-state index in [4.69, 9.17) is 14.2 Å². The van der Waals surface area contributed by atoms with Gasteiger partial charge in [-0.05, 0) is 73.4 Å². The molecule has 1 atom stereocenters. The minimum absolute atomic E-state index is 0.0547. The highest BCUT2D eigenvalue weighted by atomic mass is 16.6. The van der Waals surface area contributed by atoms with Gasteiger partial charge in [0, 0.05) is 13.7 Å². The van der Waals surface area contributed by atoms with Crippen LogP contribution in [0.25, 0.3) is 11.1 Å². The highest BCUT2D eigenvalue weighted by Gasteiger charge is 2.46. The zero-order chi connectivity index (χ0) is 23.4. The number of ether oxygens (including phenoxy) is 3. The summed E-state index contributed by atoms with van der Waals surface area (Å²) in [5.41, 5.74) is 4.37. The molecule has 2 bridgehead atoms. The van der Waals surface area contributed by atoms with E-state index in [1.807, 2.05) is 0 Å². The van der Waals surface area contributed by atoms with Crippen molar-refractivity contribution in [1.82, 2.24) is 10.2 Å². The van der Waals surface area contributed by atoms with Crippen LogP contribution in [-0.4, -0.2) is 57.1 Å². The highest BCUT2D eigenvalue weighted by molar-refractivity contribution is 5.70. The molecule has 182 valence electrons. The van der Waals surface area contributed by atoms with Gasteiger partial charge in [-0.2, -0.15) is 0 Å². The van der Waals surface area contributed by atoms with Crippen molar-refractivity contribution in [1.29, 1.82) is 0 Å². The summed E-state index contributed by atoms with van der Waals surface area (Å²) < 4.78 is 16.6. The summed E-state index contributed by atoms with van der Waals surface area (Å²) in [6.45, 7) is 5.14. The first-order valence-corrected chi connectivity index (χ1v) is 12.6. The van der Waals surface area contributed by atoms with Gasteiger partial charge in [0.1, 0.15) is 6.10 Å². The molecule has 0 spiro atoms. The molecule has 2 aromatic carbocycles.